The average Bonchev–Trinajstić information content (AvgIpc) is 3.60. The van der Waals surface area contributed by atoms with Gasteiger partial charge in [-0.1, -0.05) is 0 Å². The molecule has 0 radical (unpaired) electrons. The van der Waals surface area contributed by atoms with Gasteiger partial charge in [0.15, 0.2) is 55.7 Å². The van der Waals surface area contributed by atoms with Crippen molar-refractivity contribution in [2.75, 3.05) is 30.4 Å². The Morgan fingerprint density at radius 1 is 1.07 bits per heavy atom. The smallest absolute Gasteiger partial charge is 0.204 e. The van der Waals surface area contributed by atoms with Gasteiger partial charge in [0.2, 0.25) is 5.75 Å². The number of nitrogens with zero attached hydrogens (tertiary/aromatic N) is 4. The topological polar surface area (TPSA) is 133 Å². The Balaban J connectivity index is 1.52. The molecule has 1 aliphatic rings. The lowest BCUT2D eigenvalue weighted by Gasteiger charge is -2.26. The van der Waals surface area contributed by atoms with Crippen LogP contribution in [0.25, 0.3) is 0 Å². The number of aliphatic hydroxyl groups is 1. The lowest BCUT2D eigenvalue weighted by atomic mass is 10.0. The van der Waals surface area contributed by atoms with Gasteiger partial charge in [-0.15, -0.1) is 0 Å². The van der Waals surface area contributed by atoms with Crippen molar-refractivity contribution in [3.05, 3.63) is 70.7 Å². The molecule has 17 heteroatoms. The van der Waals surface area contributed by atoms with Crippen molar-refractivity contribution in [3.63, 3.8) is 0 Å². The SMILES string of the molecule is COc1c(Nc2cc(C)[nH]n2)nc(Sc2ccc(S(=O)(=O)C(C)(C)c3c(F)c(F)cc(F)c3F)cc2F)nc1N1CCC(O)C1. The third-order valence-corrected chi connectivity index (χ3v) is 10.6. The molecule has 2 aromatic heterocycles. The van der Waals surface area contributed by atoms with Gasteiger partial charge in [0.25, 0.3) is 0 Å². The zero-order valence-corrected chi connectivity index (χ0v) is 25.9. The van der Waals surface area contributed by atoms with Crippen LogP contribution in [-0.4, -0.2) is 60.0 Å². The number of ether oxygens (including phenoxy) is 1. The van der Waals surface area contributed by atoms with Gasteiger partial charge >= 0.3 is 0 Å². The highest BCUT2D eigenvalue weighted by atomic mass is 32.2. The van der Waals surface area contributed by atoms with Crippen LogP contribution >= 0.6 is 11.8 Å². The number of hydrogen-bond acceptors (Lipinski definition) is 10. The van der Waals surface area contributed by atoms with Gasteiger partial charge in [-0.3, -0.25) is 5.10 Å². The minimum absolute atomic E-state index is 0.0242. The molecule has 1 unspecified atom stereocenters. The van der Waals surface area contributed by atoms with Crippen molar-refractivity contribution in [1.29, 1.82) is 0 Å². The van der Waals surface area contributed by atoms with E-state index < -0.39 is 60.2 Å². The van der Waals surface area contributed by atoms with Gasteiger partial charge in [-0.25, -0.2) is 40.3 Å². The molecule has 1 aliphatic heterocycles. The van der Waals surface area contributed by atoms with Crippen LogP contribution in [0, 0.1) is 36.0 Å². The number of H-pyrrole nitrogens is 1. The molecule has 240 valence electrons. The lowest BCUT2D eigenvalue weighted by Crippen LogP contribution is -2.32. The first-order valence-electron chi connectivity index (χ1n) is 13.4. The van der Waals surface area contributed by atoms with Gasteiger partial charge in [0.05, 0.1) is 28.6 Å². The predicted octanol–water partition coefficient (Wildman–Crippen LogP) is 5.39. The molecule has 2 aromatic carbocycles. The molecule has 1 saturated heterocycles. The molecule has 0 saturated carbocycles. The van der Waals surface area contributed by atoms with Gasteiger partial charge < -0.3 is 20.1 Å². The highest BCUT2D eigenvalue weighted by Crippen LogP contribution is 2.42. The number of methoxy groups -OCH3 is 1. The number of halogens is 5. The van der Waals surface area contributed by atoms with E-state index in [1.807, 2.05) is 0 Å². The fourth-order valence-corrected chi connectivity index (χ4v) is 7.15. The Morgan fingerprint density at radius 3 is 2.31 bits per heavy atom. The van der Waals surface area contributed by atoms with Crippen molar-refractivity contribution < 1.29 is 40.2 Å². The molecular weight excluding hydrogens is 643 g/mol. The van der Waals surface area contributed by atoms with Crippen LogP contribution in [0.1, 0.15) is 31.5 Å². The summed E-state index contributed by atoms with van der Waals surface area (Å²) in [6, 6.07) is 4.43. The molecule has 1 atom stereocenters. The molecule has 0 aliphatic carbocycles. The molecule has 5 rings (SSSR count). The molecule has 4 aromatic rings. The zero-order chi connectivity index (χ0) is 32.8. The number of aromatic nitrogens is 4. The van der Waals surface area contributed by atoms with E-state index in [1.54, 1.807) is 17.9 Å². The second-order valence-corrected chi connectivity index (χ2v) is 14.2. The molecule has 0 amide bonds. The van der Waals surface area contributed by atoms with Crippen molar-refractivity contribution in [2.24, 2.45) is 0 Å². The summed E-state index contributed by atoms with van der Waals surface area (Å²) in [5, 5.41) is 20.1. The van der Waals surface area contributed by atoms with Crippen LogP contribution in [0.4, 0.5) is 39.4 Å². The summed E-state index contributed by atoms with van der Waals surface area (Å²) in [6.07, 6.45) is -0.123. The molecule has 3 N–H and O–H groups in total. The maximum Gasteiger partial charge on any atom is 0.204 e. The van der Waals surface area contributed by atoms with Crippen LogP contribution in [0.15, 0.2) is 45.3 Å². The van der Waals surface area contributed by atoms with Gasteiger partial charge in [-0.05, 0) is 57.2 Å². The van der Waals surface area contributed by atoms with E-state index in [4.69, 9.17) is 4.74 Å². The third kappa shape index (κ3) is 6.03. The predicted molar refractivity (Wildman–Crippen MR) is 155 cm³/mol. The summed E-state index contributed by atoms with van der Waals surface area (Å²) in [4.78, 5) is 9.96. The highest BCUT2D eigenvalue weighted by molar-refractivity contribution is 7.99. The number of aliphatic hydroxyl groups excluding tert-OH is 1. The fourth-order valence-electron chi connectivity index (χ4n) is 4.85. The molecule has 45 heavy (non-hydrogen) atoms. The first-order valence-corrected chi connectivity index (χ1v) is 15.7. The van der Waals surface area contributed by atoms with E-state index in [0.717, 1.165) is 43.4 Å². The van der Waals surface area contributed by atoms with Gasteiger partial charge in [0.1, 0.15) is 10.6 Å². The standard InChI is InChI=1S/C28H27F5N6O4S2/c1-13-9-20(38-37-13)34-25-24(43-4)26(39-8-7-14(40)12-39)36-27(35-25)44-19-6-5-15(10-16(19)29)45(41,42)28(2,3)21-22(32)17(30)11-18(31)23(21)33/h5-6,9-11,14,40H,7-8,12H2,1-4H3,(H2,34,35,36,37,38). The quantitative estimate of drug-likeness (QED) is 0.121. The van der Waals surface area contributed by atoms with E-state index in [-0.39, 0.29) is 34.2 Å². The van der Waals surface area contributed by atoms with Crippen LogP contribution in [0.2, 0.25) is 0 Å². The normalized spacial score (nSPS) is 15.5. The van der Waals surface area contributed by atoms with E-state index in [1.165, 1.54) is 7.11 Å². The fraction of sp³-hybridized carbons (Fsp3) is 0.321. The highest BCUT2D eigenvalue weighted by Gasteiger charge is 2.44. The molecule has 1 fully saturated rings. The number of sulfone groups is 1. The van der Waals surface area contributed by atoms with Gasteiger partial charge in [0, 0.05) is 30.9 Å². The number of nitrogens with one attached hydrogen (secondary N) is 2. The van der Waals surface area contributed by atoms with Crippen molar-refractivity contribution in [3.8, 4) is 5.75 Å². The molecule has 0 spiro atoms. The largest absolute Gasteiger partial charge is 0.490 e. The Kier molecular flexibility index (Phi) is 8.72. The minimum Gasteiger partial charge on any atom is -0.490 e. The van der Waals surface area contributed by atoms with E-state index in [0.29, 0.717) is 30.7 Å². The number of aromatic amines is 1. The van der Waals surface area contributed by atoms with Crippen molar-refractivity contribution in [1.82, 2.24) is 20.2 Å². The zero-order valence-electron chi connectivity index (χ0n) is 24.3. The summed E-state index contributed by atoms with van der Waals surface area (Å²) >= 11 is 0.745. The lowest BCUT2D eigenvalue weighted by molar-refractivity contribution is 0.198. The summed E-state index contributed by atoms with van der Waals surface area (Å²) in [6.45, 7) is 4.23. The Bertz CT molecular complexity index is 1860. The summed E-state index contributed by atoms with van der Waals surface area (Å²) in [7, 11) is -3.40. The monoisotopic (exact) mass is 670 g/mol. The third-order valence-electron chi connectivity index (χ3n) is 7.25. The number of benzene rings is 2. The first kappa shape index (κ1) is 32.4. The molecule has 10 nitrogen and oxygen atoms in total. The maximum atomic E-state index is 15.5. The maximum absolute atomic E-state index is 15.5. The number of hydrogen-bond donors (Lipinski definition) is 3. The Morgan fingerprint density at radius 2 is 1.76 bits per heavy atom. The van der Waals surface area contributed by atoms with E-state index in [9.17, 15) is 31.1 Å². The Labute approximate surface area is 259 Å². The molecular formula is C28H27F5N6O4S2. The number of aryl methyl sites for hydroxylation is 1. The number of rotatable bonds is 9. The number of anilines is 3. The van der Waals surface area contributed by atoms with Crippen LogP contribution in [0.5, 0.6) is 5.75 Å². The molecule has 3 heterocycles. The second-order valence-electron chi connectivity index (χ2n) is 10.7. The number of β-amino-alcohol motifs (C(OH)–C–C–N with tert-alkyl or cyclic N) is 1. The summed E-state index contributed by atoms with van der Waals surface area (Å²) in [5.74, 6) is -7.19. The average molecular weight is 671 g/mol. The molecule has 0 bridgehead atoms. The van der Waals surface area contributed by atoms with Crippen molar-refractivity contribution >= 4 is 39.1 Å². The minimum atomic E-state index is -4.81. The van der Waals surface area contributed by atoms with Crippen LogP contribution < -0.4 is 15.0 Å². The summed E-state index contributed by atoms with van der Waals surface area (Å²) in [5.41, 5.74) is -0.589. The second kappa shape index (κ2) is 12.1. The Hall–Kier alpha value is -3.96. The first-order chi connectivity index (χ1) is 21.1. The summed E-state index contributed by atoms with van der Waals surface area (Å²) < 4.78 is 103. The van der Waals surface area contributed by atoms with E-state index in [2.05, 4.69) is 25.5 Å². The van der Waals surface area contributed by atoms with E-state index >= 15 is 4.39 Å². The van der Waals surface area contributed by atoms with Gasteiger partial charge in [-0.2, -0.15) is 5.10 Å². The van der Waals surface area contributed by atoms with Crippen LogP contribution in [-0.2, 0) is 14.6 Å². The van der Waals surface area contributed by atoms with Crippen LogP contribution in [0.3, 0.4) is 0 Å². The van der Waals surface area contributed by atoms with Crippen molar-refractivity contribution in [2.45, 2.75) is 53.0 Å².